The molecular weight excluding hydrogens is 1510 g/mol. The van der Waals surface area contributed by atoms with Crippen LogP contribution in [-0.2, 0) is 0 Å². The standard InChI is InChI=1S/2C56H36N6/c1-5-17-37(18-6-1)47-35-53(59-55(57-47)39-21-9-3-10-22-39)61-49-27-15-13-25-43(49)45-33-41(29-31-51(45)61)42-30-32-52-46(34-42)44-26-14-16-28-50(44)62(52)54-36-48(38-19-7-2-8-20-38)58-56(60-54)40-23-11-4-12-24-40;1-5-17-37(18-6-1)47-35-48(38-19-7-2-8-20-38)58-55(57-47)61-51-27-15-13-25-43(51)45-33-41(29-31-53(45)61)42-30-32-54-46(34-42)44-26-14-16-28-52(44)62(54)56-59-49(39-21-9-3-10-22-39)36-50(60-56)40-23-11-4-12-24-40/h2*1-36H. The van der Waals surface area contributed by atoms with Crippen LogP contribution in [0.2, 0.25) is 0 Å². The van der Waals surface area contributed by atoms with Crippen molar-refractivity contribution in [2.75, 3.05) is 0 Å². The Kier molecular flexibility index (Phi) is 17.9. The molecule has 24 aromatic rings. The van der Waals surface area contributed by atoms with Gasteiger partial charge in [-0.1, -0.05) is 340 Å². The summed E-state index contributed by atoms with van der Waals surface area (Å²) in [5.74, 6) is 4.28. The molecule has 12 nitrogen and oxygen atoms in total. The zero-order valence-corrected chi connectivity index (χ0v) is 66.9. The molecule has 0 aliphatic carbocycles. The first-order valence-electron chi connectivity index (χ1n) is 41.6. The van der Waals surface area contributed by atoms with Crippen LogP contribution in [0.1, 0.15) is 0 Å². The molecule has 0 bridgehead atoms. The smallest absolute Gasteiger partial charge is 0.235 e. The van der Waals surface area contributed by atoms with Gasteiger partial charge in [0.15, 0.2) is 11.6 Å². The molecule has 8 heterocycles. The SMILES string of the molecule is c1ccc(-c2cc(-c3ccccc3)nc(-n3c4ccccc4c4cc(-c5ccc6c(c5)c5ccccc5n6-c5nc(-c6ccccc6)cc(-c6ccccc6)n5)ccc43)n2)cc1.c1ccc(-c2cc(-n3c4ccccc4c4cc(-c5ccc6c(c5)c5ccccc5n6-c5cc(-c6ccccc6)nc(-c6ccccc6)n5)ccc43)nc(-c3ccccc3)n2)cc1. The van der Waals surface area contributed by atoms with E-state index in [1.807, 2.05) is 72.8 Å². The van der Waals surface area contributed by atoms with Crippen LogP contribution >= 0.6 is 0 Å². The van der Waals surface area contributed by atoms with Gasteiger partial charge in [-0.05, 0) is 107 Å². The molecule has 0 atom stereocenters. The van der Waals surface area contributed by atoms with E-state index in [1.54, 1.807) is 0 Å². The maximum Gasteiger partial charge on any atom is 0.235 e. The predicted molar refractivity (Wildman–Crippen MR) is 507 cm³/mol. The van der Waals surface area contributed by atoms with Crippen LogP contribution < -0.4 is 0 Å². The van der Waals surface area contributed by atoms with Crippen LogP contribution in [0.4, 0.5) is 0 Å². The molecule has 0 unspecified atom stereocenters. The molecule has 580 valence electrons. The van der Waals surface area contributed by atoms with Gasteiger partial charge in [-0.25, -0.2) is 39.9 Å². The van der Waals surface area contributed by atoms with Crippen LogP contribution in [0.15, 0.2) is 437 Å². The molecule has 0 aliphatic heterocycles. The van der Waals surface area contributed by atoms with Crippen molar-refractivity contribution in [2.45, 2.75) is 0 Å². The van der Waals surface area contributed by atoms with E-state index in [0.717, 1.165) is 200 Å². The molecule has 12 heteroatoms. The van der Waals surface area contributed by atoms with Crippen molar-refractivity contribution in [1.29, 1.82) is 0 Å². The van der Waals surface area contributed by atoms with E-state index in [1.165, 1.54) is 0 Å². The minimum absolute atomic E-state index is 0.632. The second kappa shape index (κ2) is 30.8. The zero-order valence-electron chi connectivity index (χ0n) is 66.9. The van der Waals surface area contributed by atoms with E-state index in [0.29, 0.717) is 23.5 Å². The van der Waals surface area contributed by atoms with E-state index >= 15 is 0 Å². The number of nitrogens with zero attached hydrogens (tertiary/aromatic N) is 12. The lowest BCUT2D eigenvalue weighted by molar-refractivity contribution is 0.995. The summed E-state index contributed by atoms with van der Waals surface area (Å²) in [5.41, 5.74) is 26.5. The Labute approximate surface area is 713 Å². The lowest BCUT2D eigenvalue weighted by Crippen LogP contribution is -2.04. The third-order valence-corrected chi connectivity index (χ3v) is 23.6. The fourth-order valence-electron chi connectivity index (χ4n) is 17.7. The van der Waals surface area contributed by atoms with Gasteiger partial charge in [0.05, 0.1) is 78.3 Å². The van der Waals surface area contributed by atoms with Crippen LogP contribution in [0, 0.1) is 0 Å². The van der Waals surface area contributed by atoms with E-state index in [4.69, 9.17) is 39.9 Å². The average molecular weight is 1590 g/mol. The van der Waals surface area contributed by atoms with Crippen molar-refractivity contribution in [2.24, 2.45) is 0 Å². The zero-order chi connectivity index (χ0) is 82.0. The number of benzene rings is 16. The van der Waals surface area contributed by atoms with Crippen LogP contribution in [0.3, 0.4) is 0 Å². The van der Waals surface area contributed by atoms with Gasteiger partial charge >= 0.3 is 0 Å². The van der Waals surface area contributed by atoms with E-state index < -0.39 is 0 Å². The number of hydrogen-bond donors (Lipinski definition) is 0. The summed E-state index contributed by atoms with van der Waals surface area (Å²) in [5, 5.41) is 9.19. The molecule has 0 N–H and O–H groups in total. The van der Waals surface area contributed by atoms with Crippen LogP contribution in [-0.4, -0.2) is 58.1 Å². The Morgan fingerprint density at radius 2 is 0.331 bits per heavy atom. The Balaban J connectivity index is 0.000000143. The quantitative estimate of drug-likeness (QED) is 0.105. The van der Waals surface area contributed by atoms with Gasteiger partial charge in [0, 0.05) is 99.7 Å². The summed E-state index contributed by atoms with van der Waals surface area (Å²) < 4.78 is 8.97. The summed E-state index contributed by atoms with van der Waals surface area (Å²) in [7, 11) is 0. The van der Waals surface area contributed by atoms with Crippen molar-refractivity contribution in [1.82, 2.24) is 58.1 Å². The summed E-state index contributed by atoms with van der Waals surface area (Å²) in [6, 6.07) is 152. The van der Waals surface area contributed by atoms with Gasteiger partial charge in [0.2, 0.25) is 11.9 Å². The Hall–Kier alpha value is -17.0. The Morgan fingerprint density at radius 1 is 0.129 bits per heavy atom. The highest BCUT2D eigenvalue weighted by atomic mass is 15.2. The highest BCUT2D eigenvalue weighted by Crippen LogP contribution is 2.43. The first-order chi connectivity index (χ1) is 61.5. The van der Waals surface area contributed by atoms with Gasteiger partial charge in [0.1, 0.15) is 11.6 Å². The average Bonchev–Trinajstić information content (AvgIpc) is 1.60. The number of hydrogen-bond acceptors (Lipinski definition) is 8. The van der Waals surface area contributed by atoms with Crippen molar-refractivity contribution in [3.05, 3.63) is 437 Å². The van der Waals surface area contributed by atoms with Gasteiger partial charge in [-0.15, -0.1) is 0 Å². The van der Waals surface area contributed by atoms with Crippen molar-refractivity contribution in [3.63, 3.8) is 0 Å². The van der Waals surface area contributed by atoms with Crippen molar-refractivity contribution < 1.29 is 0 Å². The number of fused-ring (bicyclic) bond motifs is 12. The molecule has 24 rings (SSSR count). The van der Waals surface area contributed by atoms with Crippen molar-refractivity contribution in [3.8, 4) is 136 Å². The summed E-state index contributed by atoms with van der Waals surface area (Å²) in [4.78, 5) is 41.5. The summed E-state index contributed by atoms with van der Waals surface area (Å²) in [6.45, 7) is 0. The van der Waals surface area contributed by atoms with E-state index in [-0.39, 0.29) is 0 Å². The van der Waals surface area contributed by atoms with Gasteiger partial charge in [-0.3, -0.25) is 18.3 Å². The van der Waals surface area contributed by atoms with Gasteiger partial charge in [0.25, 0.3) is 0 Å². The lowest BCUT2D eigenvalue weighted by Gasteiger charge is -2.12. The number of aromatic nitrogens is 12. The molecule has 0 aliphatic rings. The molecule has 0 amide bonds. The molecule has 8 aromatic heterocycles. The number of rotatable bonds is 14. The molecular formula is C112H72N12. The molecule has 0 saturated heterocycles. The molecule has 0 saturated carbocycles. The van der Waals surface area contributed by atoms with E-state index in [9.17, 15) is 0 Å². The maximum atomic E-state index is 5.23. The highest BCUT2D eigenvalue weighted by molar-refractivity contribution is 6.15. The molecule has 124 heavy (non-hydrogen) atoms. The Morgan fingerprint density at radius 3 is 0.589 bits per heavy atom. The summed E-state index contributed by atoms with van der Waals surface area (Å²) >= 11 is 0. The van der Waals surface area contributed by atoms with Gasteiger partial charge < -0.3 is 0 Å². The van der Waals surface area contributed by atoms with Gasteiger partial charge in [-0.2, -0.15) is 0 Å². The first-order valence-corrected chi connectivity index (χ1v) is 41.6. The minimum Gasteiger partial charge on any atom is -0.294 e. The van der Waals surface area contributed by atoms with Crippen molar-refractivity contribution >= 4 is 87.2 Å². The molecule has 0 fully saturated rings. The fraction of sp³-hybridized carbons (Fsp3) is 0. The largest absolute Gasteiger partial charge is 0.294 e. The van der Waals surface area contributed by atoms with Crippen LogP contribution in [0.25, 0.3) is 223 Å². The van der Waals surface area contributed by atoms with E-state index in [2.05, 4.69) is 382 Å². The second-order valence-corrected chi connectivity index (χ2v) is 31.0. The monoisotopic (exact) mass is 1580 g/mol. The Bertz CT molecular complexity index is 7000. The third kappa shape index (κ3) is 13.1. The molecule has 0 radical (unpaired) electrons. The first kappa shape index (κ1) is 72.3. The normalized spacial score (nSPS) is 11.5. The number of para-hydroxylation sites is 4. The molecule has 16 aromatic carbocycles. The lowest BCUT2D eigenvalue weighted by atomic mass is 10.0. The maximum absolute atomic E-state index is 5.23. The fourth-order valence-corrected chi connectivity index (χ4v) is 17.7. The summed E-state index contributed by atoms with van der Waals surface area (Å²) in [6.07, 6.45) is 0. The topological polar surface area (TPSA) is 123 Å². The molecule has 0 spiro atoms. The highest BCUT2D eigenvalue weighted by Gasteiger charge is 2.25. The van der Waals surface area contributed by atoms with Crippen LogP contribution in [0.5, 0.6) is 0 Å². The third-order valence-electron chi connectivity index (χ3n) is 23.6. The second-order valence-electron chi connectivity index (χ2n) is 31.0. The predicted octanol–water partition coefficient (Wildman–Crippen LogP) is 27.6. The minimum atomic E-state index is 0.632.